The van der Waals surface area contributed by atoms with E-state index in [9.17, 15) is 9.59 Å². The van der Waals surface area contributed by atoms with Crippen molar-refractivity contribution in [1.29, 1.82) is 0 Å². The molecule has 4 rings (SSSR count). The summed E-state index contributed by atoms with van der Waals surface area (Å²) in [4.78, 5) is 29.3. The fraction of sp³-hybridized carbons (Fsp3) is 0.0952. The largest absolute Gasteiger partial charge is 0.454 e. The van der Waals surface area contributed by atoms with Crippen LogP contribution in [0.25, 0.3) is 16.6 Å². The molecule has 2 amide bonds. The second kappa shape index (κ2) is 8.15. The lowest BCUT2D eigenvalue weighted by atomic mass is 10.2. The minimum absolute atomic E-state index is 0.192. The van der Waals surface area contributed by atoms with Gasteiger partial charge in [-0.2, -0.15) is 0 Å². The summed E-state index contributed by atoms with van der Waals surface area (Å²) in [5.41, 5.74) is 7.12. The number of nitrogens with zero attached hydrogens (tertiary/aromatic N) is 1. The number of aromatic nitrogens is 1. The zero-order chi connectivity index (χ0) is 20.2. The Kier molecular flexibility index (Phi) is 5.26. The number of amides is 2. The van der Waals surface area contributed by atoms with Crippen molar-refractivity contribution >= 4 is 29.2 Å². The summed E-state index contributed by atoms with van der Waals surface area (Å²) in [7, 11) is 0. The molecule has 1 aromatic heterocycles. The van der Waals surface area contributed by atoms with Gasteiger partial charge in [-0.25, -0.2) is 4.98 Å². The summed E-state index contributed by atoms with van der Waals surface area (Å²) in [6, 6.07) is 15.0. The first kappa shape index (κ1) is 18.7. The van der Waals surface area contributed by atoms with E-state index in [1.807, 2.05) is 36.4 Å². The molecule has 2 heterocycles. The monoisotopic (exact) mass is 407 g/mol. The van der Waals surface area contributed by atoms with E-state index in [0.717, 1.165) is 16.1 Å². The second-order valence-corrected chi connectivity index (χ2v) is 7.19. The molecule has 2 aromatic carbocycles. The number of carbonyl (C=O) groups is 2. The van der Waals surface area contributed by atoms with Gasteiger partial charge in [-0.15, -0.1) is 11.3 Å². The van der Waals surface area contributed by atoms with Crippen molar-refractivity contribution in [2.24, 2.45) is 0 Å². The number of thiazole rings is 1. The van der Waals surface area contributed by atoms with Crippen LogP contribution in [-0.4, -0.2) is 23.6 Å². The van der Waals surface area contributed by atoms with Crippen molar-refractivity contribution in [2.45, 2.75) is 6.92 Å². The van der Waals surface area contributed by atoms with Crippen LogP contribution in [-0.2, 0) is 4.79 Å². The van der Waals surface area contributed by atoms with E-state index in [1.54, 1.807) is 25.1 Å². The summed E-state index contributed by atoms with van der Waals surface area (Å²) in [5, 5.41) is 0.752. The van der Waals surface area contributed by atoms with Crippen molar-refractivity contribution in [1.82, 2.24) is 15.8 Å². The summed E-state index contributed by atoms with van der Waals surface area (Å²) >= 11 is 1.28. The molecular weight excluding hydrogens is 390 g/mol. The van der Waals surface area contributed by atoms with Crippen LogP contribution in [0.4, 0.5) is 0 Å². The predicted octanol–water partition coefficient (Wildman–Crippen LogP) is 3.32. The average Bonchev–Trinajstić information content (AvgIpc) is 3.37. The number of hydrogen-bond acceptors (Lipinski definition) is 6. The molecule has 0 spiro atoms. The van der Waals surface area contributed by atoms with E-state index >= 15 is 0 Å². The number of carbonyl (C=O) groups excluding carboxylic acids is 2. The Hall–Kier alpha value is -3.65. The third-order valence-corrected chi connectivity index (χ3v) is 5.35. The Balaban J connectivity index is 1.36. The van der Waals surface area contributed by atoms with E-state index in [1.165, 1.54) is 17.4 Å². The first-order valence-corrected chi connectivity index (χ1v) is 9.63. The van der Waals surface area contributed by atoms with Crippen LogP contribution in [0, 0.1) is 6.92 Å². The highest BCUT2D eigenvalue weighted by Crippen LogP contribution is 2.32. The molecule has 1 aliphatic rings. The molecule has 0 bridgehead atoms. The van der Waals surface area contributed by atoms with Gasteiger partial charge in [-0.1, -0.05) is 36.4 Å². The number of aryl methyl sites for hydroxylation is 1. The third kappa shape index (κ3) is 4.27. The number of fused-ring (bicyclic) bond motifs is 1. The van der Waals surface area contributed by atoms with Gasteiger partial charge in [0.05, 0.1) is 5.69 Å². The van der Waals surface area contributed by atoms with Crippen LogP contribution in [0.15, 0.2) is 54.6 Å². The van der Waals surface area contributed by atoms with Gasteiger partial charge in [0.25, 0.3) is 11.8 Å². The lowest BCUT2D eigenvalue weighted by Crippen LogP contribution is -2.40. The first-order chi connectivity index (χ1) is 14.1. The van der Waals surface area contributed by atoms with Gasteiger partial charge in [0, 0.05) is 11.6 Å². The number of hydrogen-bond donors (Lipinski definition) is 2. The van der Waals surface area contributed by atoms with Crippen molar-refractivity contribution in [3.05, 3.63) is 70.7 Å². The van der Waals surface area contributed by atoms with E-state index in [2.05, 4.69) is 15.8 Å². The smallest absolute Gasteiger partial charge is 0.281 e. The summed E-state index contributed by atoms with van der Waals surface area (Å²) in [6.07, 6.45) is 2.95. The maximum Gasteiger partial charge on any atom is 0.281 e. The Labute approximate surface area is 171 Å². The first-order valence-electron chi connectivity index (χ1n) is 8.81. The zero-order valence-electron chi connectivity index (χ0n) is 15.5. The summed E-state index contributed by atoms with van der Waals surface area (Å²) < 4.78 is 10.5. The molecule has 146 valence electrons. The van der Waals surface area contributed by atoms with Gasteiger partial charge < -0.3 is 9.47 Å². The number of rotatable bonds is 4. The fourth-order valence-corrected chi connectivity index (χ4v) is 3.68. The summed E-state index contributed by atoms with van der Waals surface area (Å²) in [6.45, 7) is 1.96. The molecule has 8 heteroatoms. The molecule has 0 atom stereocenters. The van der Waals surface area contributed by atoms with Crippen LogP contribution in [0.2, 0.25) is 0 Å². The van der Waals surface area contributed by atoms with Gasteiger partial charge in [0.2, 0.25) is 6.79 Å². The standard InChI is InChI=1S/C21H17N3O4S/c1-13-19(29-21(22-13)15-5-3-2-4-6-15)20(26)24-23-18(25)10-8-14-7-9-16-17(11-14)28-12-27-16/h2-11H,12H2,1H3,(H,23,25)(H,24,26)/b10-8+. The molecular formula is C21H17N3O4S. The molecule has 2 N–H and O–H groups in total. The Morgan fingerprint density at radius 2 is 1.86 bits per heavy atom. The SMILES string of the molecule is Cc1nc(-c2ccccc2)sc1C(=O)NNC(=O)/C=C/c1ccc2c(c1)OCO2. The molecule has 0 fully saturated rings. The second-order valence-electron chi connectivity index (χ2n) is 6.19. The summed E-state index contributed by atoms with van der Waals surface area (Å²) in [5.74, 6) is 0.442. The van der Waals surface area contributed by atoms with Crippen LogP contribution in [0.1, 0.15) is 20.9 Å². The molecule has 0 unspecified atom stereocenters. The van der Waals surface area contributed by atoms with Crippen molar-refractivity contribution in [3.63, 3.8) is 0 Å². The van der Waals surface area contributed by atoms with Gasteiger partial charge in [-0.3, -0.25) is 20.4 Å². The number of ether oxygens (including phenoxy) is 2. The van der Waals surface area contributed by atoms with Crippen molar-refractivity contribution < 1.29 is 19.1 Å². The molecule has 0 saturated carbocycles. The average molecular weight is 407 g/mol. The fourth-order valence-electron chi connectivity index (χ4n) is 2.72. The van der Waals surface area contributed by atoms with Crippen LogP contribution in [0.3, 0.4) is 0 Å². The van der Waals surface area contributed by atoms with Crippen LogP contribution in [0.5, 0.6) is 11.5 Å². The maximum absolute atomic E-state index is 12.4. The number of hydrazine groups is 1. The topological polar surface area (TPSA) is 89.6 Å². The third-order valence-electron chi connectivity index (χ3n) is 4.15. The minimum Gasteiger partial charge on any atom is -0.454 e. The van der Waals surface area contributed by atoms with Gasteiger partial charge in [0.1, 0.15) is 9.88 Å². The van der Waals surface area contributed by atoms with Gasteiger partial charge >= 0.3 is 0 Å². The maximum atomic E-state index is 12.4. The molecule has 7 nitrogen and oxygen atoms in total. The normalized spacial score (nSPS) is 12.2. The molecule has 0 radical (unpaired) electrons. The highest BCUT2D eigenvalue weighted by atomic mass is 32.1. The lowest BCUT2D eigenvalue weighted by molar-refractivity contribution is -0.117. The van der Waals surface area contributed by atoms with Crippen LogP contribution >= 0.6 is 11.3 Å². The zero-order valence-corrected chi connectivity index (χ0v) is 16.3. The molecule has 0 aliphatic carbocycles. The molecule has 29 heavy (non-hydrogen) atoms. The minimum atomic E-state index is -0.457. The predicted molar refractivity (Wildman–Crippen MR) is 109 cm³/mol. The number of benzene rings is 2. The van der Waals surface area contributed by atoms with Gasteiger partial charge in [-0.05, 0) is 30.7 Å². The van der Waals surface area contributed by atoms with E-state index in [0.29, 0.717) is 22.1 Å². The van der Waals surface area contributed by atoms with E-state index in [4.69, 9.17) is 9.47 Å². The van der Waals surface area contributed by atoms with E-state index in [-0.39, 0.29) is 6.79 Å². The molecule has 1 aliphatic heterocycles. The Morgan fingerprint density at radius 3 is 2.69 bits per heavy atom. The lowest BCUT2D eigenvalue weighted by Gasteiger charge is -2.04. The molecule has 0 saturated heterocycles. The highest BCUT2D eigenvalue weighted by Gasteiger charge is 2.16. The van der Waals surface area contributed by atoms with Crippen molar-refractivity contribution in [2.75, 3.05) is 6.79 Å². The van der Waals surface area contributed by atoms with Crippen LogP contribution < -0.4 is 20.3 Å². The van der Waals surface area contributed by atoms with Crippen molar-refractivity contribution in [3.8, 4) is 22.1 Å². The number of nitrogens with one attached hydrogen (secondary N) is 2. The molecule has 3 aromatic rings. The highest BCUT2D eigenvalue weighted by molar-refractivity contribution is 7.17. The van der Waals surface area contributed by atoms with Gasteiger partial charge in [0.15, 0.2) is 11.5 Å². The quantitative estimate of drug-likeness (QED) is 0.512. The Morgan fingerprint density at radius 1 is 1.07 bits per heavy atom. The van der Waals surface area contributed by atoms with E-state index < -0.39 is 11.8 Å². The Bertz CT molecular complexity index is 1090.